The number of hydrogen-bond donors (Lipinski definition) is 2. The molecule has 248 valence electrons. The highest BCUT2D eigenvalue weighted by atomic mass is 19.3. The second-order valence-electron chi connectivity index (χ2n) is 10.7. The number of rotatable bonds is 10. The molecule has 4 amide bonds. The van der Waals surface area contributed by atoms with Crippen LogP contribution in [-0.2, 0) is 27.9 Å². The van der Waals surface area contributed by atoms with E-state index in [1.807, 2.05) is 5.32 Å². The number of urea groups is 1. The third kappa shape index (κ3) is 6.73. The molecule has 0 bridgehead atoms. The first-order chi connectivity index (χ1) is 22.0. The van der Waals surface area contributed by atoms with Crippen LogP contribution < -0.4 is 26.0 Å². The molecule has 0 radical (unpaired) electrons. The van der Waals surface area contributed by atoms with E-state index in [1.54, 1.807) is 41.8 Å². The number of fused-ring (bicyclic) bond motifs is 1. The summed E-state index contributed by atoms with van der Waals surface area (Å²) in [7, 11) is 1.57. The molecule has 0 unspecified atom stereocenters. The molecule has 3 aromatic rings. The Hall–Kier alpha value is -4.80. The summed E-state index contributed by atoms with van der Waals surface area (Å²) >= 11 is 0. The smallest absolute Gasteiger partial charge is 0.414 e. The van der Waals surface area contributed by atoms with Gasteiger partial charge >= 0.3 is 18.5 Å². The largest absolute Gasteiger partial charge is 0.442 e. The van der Waals surface area contributed by atoms with Crippen molar-refractivity contribution in [2.24, 2.45) is 7.05 Å². The van der Waals surface area contributed by atoms with Crippen molar-refractivity contribution in [3.8, 4) is 0 Å². The van der Waals surface area contributed by atoms with Crippen molar-refractivity contribution in [2.45, 2.75) is 26.0 Å². The van der Waals surface area contributed by atoms with E-state index < -0.39 is 36.2 Å². The number of ether oxygens (including phenoxy) is 2. The Labute approximate surface area is 260 Å². The van der Waals surface area contributed by atoms with Crippen LogP contribution in [0.15, 0.2) is 35.1 Å². The SMILES string of the molecule is CCN(CCn1c2ccc(NC(=O)N3CCOCC3)cc2c(=O)n1C)c1c(F)cc(N2C[C@H](CNC(=O)C(F)F)OC2=O)cc1F. The van der Waals surface area contributed by atoms with Gasteiger partial charge in [0.1, 0.15) is 11.8 Å². The number of morpholine rings is 1. The molecule has 1 aromatic heterocycles. The zero-order valence-corrected chi connectivity index (χ0v) is 25.1. The number of halogens is 4. The Morgan fingerprint density at radius 3 is 2.43 bits per heavy atom. The maximum atomic E-state index is 15.4. The molecule has 0 spiro atoms. The molecule has 2 aliphatic heterocycles. The average Bonchev–Trinajstić information content (AvgIpc) is 3.52. The van der Waals surface area contributed by atoms with Gasteiger partial charge in [-0.25, -0.2) is 18.4 Å². The number of amides is 4. The summed E-state index contributed by atoms with van der Waals surface area (Å²) in [5.74, 6) is -3.43. The van der Waals surface area contributed by atoms with Crippen LogP contribution in [0.25, 0.3) is 10.9 Å². The van der Waals surface area contributed by atoms with Gasteiger partial charge in [0.15, 0.2) is 11.6 Å². The third-order valence-corrected chi connectivity index (χ3v) is 7.88. The lowest BCUT2D eigenvalue weighted by Gasteiger charge is -2.27. The number of benzene rings is 2. The van der Waals surface area contributed by atoms with Crippen LogP contribution >= 0.6 is 0 Å². The topological polar surface area (TPSA) is 130 Å². The van der Waals surface area contributed by atoms with Gasteiger partial charge in [-0.3, -0.25) is 23.9 Å². The van der Waals surface area contributed by atoms with Crippen LogP contribution in [0.5, 0.6) is 0 Å². The van der Waals surface area contributed by atoms with Crippen molar-refractivity contribution >= 4 is 46.0 Å². The van der Waals surface area contributed by atoms with Crippen LogP contribution in [0.2, 0.25) is 0 Å². The van der Waals surface area contributed by atoms with Crippen LogP contribution in [-0.4, -0.2) is 97.3 Å². The van der Waals surface area contributed by atoms with E-state index in [2.05, 4.69) is 5.32 Å². The number of carbonyl (C=O) groups excluding carboxylic acids is 3. The normalized spacial score (nSPS) is 16.7. The zero-order valence-electron chi connectivity index (χ0n) is 25.1. The maximum absolute atomic E-state index is 15.4. The quantitative estimate of drug-likeness (QED) is 0.323. The highest BCUT2D eigenvalue weighted by molar-refractivity contribution is 5.93. The van der Waals surface area contributed by atoms with Crippen molar-refractivity contribution in [1.29, 1.82) is 0 Å². The molecule has 46 heavy (non-hydrogen) atoms. The molecular formula is C29H33F4N7O6. The Kier molecular flexibility index (Phi) is 9.69. The van der Waals surface area contributed by atoms with E-state index in [1.165, 1.54) is 9.58 Å². The van der Waals surface area contributed by atoms with Crippen molar-refractivity contribution in [1.82, 2.24) is 19.6 Å². The Balaban J connectivity index is 1.28. The van der Waals surface area contributed by atoms with Gasteiger partial charge in [0, 0.05) is 51.0 Å². The van der Waals surface area contributed by atoms with Gasteiger partial charge in [-0.05, 0) is 25.1 Å². The van der Waals surface area contributed by atoms with Gasteiger partial charge in [0.2, 0.25) is 0 Å². The van der Waals surface area contributed by atoms with Crippen molar-refractivity contribution in [3.05, 3.63) is 52.3 Å². The van der Waals surface area contributed by atoms with Gasteiger partial charge in [0.25, 0.3) is 11.5 Å². The zero-order chi connectivity index (χ0) is 33.1. The van der Waals surface area contributed by atoms with Crippen LogP contribution in [0.1, 0.15) is 6.92 Å². The molecule has 0 aliphatic carbocycles. The fraction of sp³-hybridized carbons (Fsp3) is 0.448. The maximum Gasteiger partial charge on any atom is 0.414 e. The van der Waals surface area contributed by atoms with E-state index in [0.29, 0.717) is 42.9 Å². The summed E-state index contributed by atoms with van der Waals surface area (Å²) < 4.78 is 69.1. The number of nitrogens with one attached hydrogen (secondary N) is 2. The second-order valence-corrected chi connectivity index (χ2v) is 10.7. The minimum Gasteiger partial charge on any atom is -0.442 e. The Morgan fingerprint density at radius 1 is 1.09 bits per heavy atom. The lowest BCUT2D eigenvalue weighted by Crippen LogP contribution is -2.43. The average molecular weight is 652 g/mol. The molecule has 2 fully saturated rings. The number of likely N-dealkylation sites (N-methyl/N-ethyl adjacent to an activating group) is 1. The first-order valence-corrected chi connectivity index (χ1v) is 14.6. The van der Waals surface area contributed by atoms with E-state index in [4.69, 9.17) is 9.47 Å². The fourth-order valence-corrected chi connectivity index (χ4v) is 5.48. The van der Waals surface area contributed by atoms with Gasteiger partial charge in [-0.15, -0.1) is 0 Å². The first kappa shape index (κ1) is 32.6. The minimum absolute atomic E-state index is 0.105. The Bertz CT molecular complexity index is 1670. The molecule has 17 heteroatoms. The number of alkyl halides is 2. The predicted octanol–water partition coefficient (Wildman–Crippen LogP) is 2.72. The second kappa shape index (κ2) is 13.7. The number of cyclic esters (lactones) is 1. The van der Waals surface area contributed by atoms with Crippen molar-refractivity contribution in [2.75, 3.05) is 67.6 Å². The molecule has 2 aliphatic rings. The van der Waals surface area contributed by atoms with Gasteiger partial charge < -0.3 is 29.9 Å². The molecule has 3 heterocycles. The fourth-order valence-electron chi connectivity index (χ4n) is 5.48. The summed E-state index contributed by atoms with van der Waals surface area (Å²) in [4.78, 5) is 53.1. The highest BCUT2D eigenvalue weighted by Gasteiger charge is 2.34. The number of nitrogens with zero attached hydrogens (tertiary/aromatic N) is 5. The van der Waals surface area contributed by atoms with Crippen LogP contribution in [0.3, 0.4) is 0 Å². The molecule has 0 saturated carbocycles. The molecule has 5 rings (SSSR count). The summed E-state index contributed by atoms with van der Waals surface area (Å²) in [6, 6.07) is 6.59. The molecule has 13 nitrogen and oxygen atoms in total. The molecule has 2 saturated heterocycles. The van der Waals surface area contributed by atoms with Gasteiger partial charge in [-0.1, -0.05) is 0 Å². The van der Waals surface area contributed by atoms with Crippen LogP contribution in [0, 0.1) is 11.6 Å². The number of anilines is 3. The van der Waals surface area contributed by atoms with E-state index >= 15 is 8.78 Å². The van der Waals surface area contributed by atoms with Crippen molar-refractivity contribution < 1.29 is 41.4 Å². The van der Waals surface area contributed by atoms with E-state index in [0.717, 1.165) is 17.0 Å². The monoisotopic (exact) mass is 651 g/mol. The minimum atomic E-state index is -3.24. The highest BCUT2D eigenvalue weighted by Crippen LogP contribution is 2.31. The molecular weight excluding hydrogens is 618 g/mol. The van der Waals surface area contributed by atoms with Gasteiger partial charge in [-0.2, -0.15) is 8.78 Å². The molecule has 2 aromatic carbocycles. The molecule has 2 N–H and O–H groups in total. The third-order valence-electron chi connectivity index (χ3n) is 7.88. The van der Waals surface area contributed by atoms with E-state index in [9.17, 15) is 28.0 Å². The van der Waals surface area contributed by atoms with E-state index in [-0.39, 0.29) is 55.7 Å². The summed E-state index contributed by atoms with van der Waals surface area (Å²) in [6.45, 7) is 3.40. The summed E-state index contributed by atoms with van der Waals surface area (Å²) in [5.41, 5.74) is 0.221. The number of aromatic nitrogens is 2. The van der Waals surface area contributed by atoms with Gasteiger partial charge in [0.05, 0.1) is 49.4 Å². The number of hydrogen-bond acceptors (Lipinski definition) is 7. The Morgan fingerprint density at radius 2 is 1.78 bits per heavy atom. The summed E-state index contributed by atoms with van der Waals surface area (Å²) in [5, 5.41) is 5.11. The lowest BCUT2D eigenvalue weighted by molar-refractivity contribution is -0.132. The van der Waals surface area contributed by atoms with Crippen LogP contribution in [0.4, 0.5) is 44.2 Å². The predicted molar refractivity (Wildman–Crippen MR) is 159 cm³/mol. The van der Waals surface area contributed by atoms with Crippen molar-refractivity contribution in [3.63, 3.8) is 0 Å². The number of carbonyl (C=O) groups is 3. The summed E-state index contributed by atoms with van der Waals surface area (Å²) in [6.07, 6.45) is -5.17. The lowest BCUT2D eigenvalue weighted by atomic mass is 10.2. The molecule has 1 atom stereocenters. The standard InChI is InChI=1S/C29H33F4N7O6/c1-3-37(24-21(30)13-18(14-22(24)31)39-16-19(46-29(39)44)15-34-26(41)25(32)33)6-7-40-23-5-4-17(12-20(23)27(42)36(40)2)35-28(43)38-8-10-45-11-9-38/h4-5,12-14,19,25H,3,6-11,15-16H2,1-2H3,(H,34,41)(H,35,43)/t19-/m0/s1. The first-order valence-electron chi connectivity index (χ1n) is 14.6.